The maximum Gasteiger partial charge on any atom is 0.0137 e. The van der Waals surface area contributed by atoms with Gasteiger partial charge in [-0.2, -0.15) is 0 Å². The van der Waals surface area contributed by atoms with Crippen molar-refractivity contribution in [1.29, 1.82) is 0 Å². The summed E-state index contributed by atoms with van der Waals surface area (Å²) in [5.74, 6) is 5.09. The molecule has 0 aromatic carbocycles. The van der Waals surface area contributed by atoms with E-state index < -0.39 is 0 Å². The van der Waals surface area contributed by atoms with Crippen LogP contribution in [0.5, 0.6) is 0 Å². The van der Waals surface area contributed by atoms with Crippen molar-refractivity contribution in [1.82, 2.24) is 10.6 Å². The second kappa shape index (κ2) is 8.86. The molecule has 4 saturated carbocycles. The first kappa shape index (κ1) is 19.2. The zero-order chi connectivity index (χ0) is 17.8. The van der Waals surface area contributed by atoms with Gasteiger partial charge in [0.1, 0.15) is 0 Å². The van der Waals surface area contributed by atoms with E-state index in [-0.39, 0.29) is 0 Å². The summed E-state index contributed by atoms with van der Waals surface area (Å²) in [5.41, 5.74) is 2.93. The van der Waals surface area contributed by atoms with Crippen LogP contribution < -0.4 is 10.6 Å². The third-order valence-corrected chi connectivity index (χ3v) is 7.29. The van der Waals surface area contributed by atoms with E-state index in [1.807, 2.05) is 0 Å². The summed E-state index contributed by atoms with van der Waals surface area (Å²) in [6.07, 6.45) is 13.1. The molecule has 0 saturated heterocycles. The first-order valence-corrected chi connectivity index (χ1v) is 10.8. The summed E-state index contributed by atoms with van der Waals surface area (Å²) in [6.45, 7) is 12.4. The number of hydrogen-bond donors (Lipinski definition) is 2. The molecule has 0 atom stereocenters. The Morgan fingerprint density at radius 1 is 0.880 bits per heavy atom. The second-order valence-corrected chi connectivity index (χ2v) is 9.40. The van der Waals surface area contributed by atoms with Crippen molar-refractivity contribution in [2.24, 2.45) is 29.6 Å². The van der Waals surface area contributed by atoms with Gasteiger partial charge < -0.3 is 10.6 Å². The lowest BCUT2D eigenvalue weighted by Crippen LogP contribution is -2.57. The van der Waals surface area contributed by atoms with Gasteiger partial charge in [0, 0.05) is 25.7 Å². The third kappa shape index (κ3) is 4.98. The highest BCUT2D eigenvalue weighted by molar-refractivity contribution is 5.04. The van der Waals surface area contributed by atoms with Gasteiger partial charge in [-0.1, -0.05) is 30.2 Å². The van der Waals surface area contributed by atoms with Crippen molar-refractivity contribution in [2.45, 2.75) is 72.3 Å². The van der Waals surface area contributed by atoms with E-state index in [4.69, 9.17) is 0 Å². The monoisotopic (exact) mass is 344 g/mol. The summed E-state index contributed by atoms with van der Waals surface area (Å²) in [5, 5.41) is 7.51. The van der Waals surface area contributed by atoms with Crippen molar-refractivity contribution >= 4 is 0 Å². The van der Waals surface area contributed by atoms with Crippen LogP contribution in [-0.2, 0) is 0 Å². The van der Waals surface area contributed by atoms with Crippen LogP contribution in [0.3, 0.4) is 0 Å². The molecule has 0 radical (unpaired) electrons. The molecule has 2 N–H and O–H groups in total. The maximum atomic E-state index is 3.92. The van der Waals surface area contributed by atoms with Crippen LogP contribution in [0.15, 0.2) is 23.3 Å². The first-order valence-electron chi connectivity index (χ1n) is 10.8. The van der Waals surface area contributed by atoms with Crippen molar-refractivity contribution < 1.29 is 0 Å². The Morgan fingerprint density at radius 3 is 2.12 bits per heavy atom. The number of rotatable bonds is 9. The number of allylic oxidation sites excluding steroid dienone is 3. The van der Waals surface area contributed by atoms with Gasteiger partial charge in [-0.25, -0.2) is 0 Å². The molecule has 0 heterocycles. The molecule has 4 bridgehead atoms. The van der Waals surface area contributed by atoms with Gasteiger partial charge in [0.05, 0.1) is 0 Å². The predicted molar refractivity (Wildman–Crippen MR) is 109 cm³/mol. The van der Waals surface area contributed by atoms with Gasteiger partial charge >= 0.3 is 0 Å². The lowest BCUT2D eigenvalue weighted by molar-refractivity contribution is -0.0540. The maximum absolute atomic E-state index is 3.92. The normalized spacial score (nSPS) is 36.7. The molecule has 0 aliphatic heterocycles. The van der Waals surface area contributed by atoms with Gasteiger partial charge in [-0.05, 0) is 88.9 Å². The smallest absolute Gasteiger partial charge is 0.0137 e. The van der Waals surface area contributed by atoms with E-state index in [0.29, 0.717) is 0 Å². The fraction of sp³-hybridized carbons (Fsp3) is 0.826. The quantitative estimate of drug-likeness (QED) is 0.458. The average Bonchev–Trinajstić information content (AvgIpc) is 2.55. The van der Waals surface area contributed by atoms with Crippen LogP contribution in [0.1, 0.15) is 66.2 Å². The van der Waals surface area contributed by atoms with E-state index in [1.54, 1.807) is 0 Å². The molecule has 25 heavy (non-hydrogen) atoms. The molecule has 4 aliphatic carbocycles. The largest absolute Gasteiger partial charge is 0.312 e. The molecule has 0 aromatic heterocycles. The SMILES string of the molecule is CC(C)=CCC/C(C)=C/CNCCN[C@H]1[C@@H]2CC3C[C@H]1C[C@H](C2)[C@@H]3C. The Balaban J connectivity index is 1.29. The summed E-state index contributed by atoms with van der Waals surface area (Å²) >= 11 is 0. The summed E-state index contributed by atoms with van der Waals surface area (Å²) in [6, 6.07) is 0.822. The topological polar surface area (TPSA) is 24.1 Å². The predicted octanol–water partition coefficient (Wildman–Crippen LogP) is 4.93. The molecule has 4 aliphatic rings. The van der Waals surface area contributed by atoms with Crippen LogP contribution in [0.25, 0.3) is 0 Å². The second-order valence-electron chi connectivity index (χ2n) is 9.40. The Hall–Kier alpha value is -0.600. The minimum absolute atomic E-state index is 0.822. The van der Waals surface area contributed by atoms with Crippen molar-refractivity contribution in [3.63, 3.8) is 0 Å². The van der Waals surface area contributed by atoms with Gasteiger partial charge in [-0.15, -0.1) is 0 Å². The van der Waals surface area contributed by atoms with Gasteiger partial charge in [-0.3, -0.25) is 0 Å². The lowest BCUT2D eigenvalue weighted by atomic mass is 9.50. The highest BCUT2D eigenvalue weighted by Crippen LogP contribution is 2.56. The van der Waals surface area contributed by atoms with Crippen LogP contribution in [0, 0.1) is 29.6 Å². The van der Waals surface area contributed by atoms with Crippen LogP contribution in [0.4, 0.5) is 0 Å². The molecule has 0 aromatic rings. The molecule has 0 amide bonds. The Bertz CT molecular complexity index is 456. The highest BCUT2D eigenvalue weighted by Gasteiger charge is 2.51. The average molecular weight is 345 g/mol. The standard InChI is InChI=1S/C23H40N2/c1-16(2)6-5-7-17(3)8-9-24-10-11-25-23-21-12-19-13-22(23)15-20(14-21)18(19)4/h6,8,18-25H,5,7,9-15H2,1-4H3/b17-8+/t18-,19-,20?,21-,22+,23-/m0/s1. The van der Waals surface area contributed by atoms with E-state index in [9.17, 15) is 0 Å². The molecule has 4 rings (SSSR count). The summed E-state index contributed by atoms with van der Waals surface area (Å²) < 4.78 is 0. The van der Waals surface area contributed by atoms with Crippen LogP contribution in [0.2, 0.25) is 0 Å². The van der Waals surface area contributed by atoms with Crippen LogP contribution >= 0.6 is 0 Å². The fourth-order valence-corrected chi connectivity index (χ4v) is 5.85. The zero-order valence-electron chi connectivity index (χ0n) is 17.0. The summed E-state index contributed by atoms with van der Waals surface area (Å²) in [7, 11) is 0. The van der Waals surface area contributed by atoms with Crippen molar-refractivity contribution in [3.05, 3.63) is 23.3 Å². The minimum atomic E-state index is 0.822. The fourth-order valence-electron chi connectivity index (χ4n) is 5.85. The molecule has 4 fully saturated rings. The van der Waals surface area contributed by atoms with E-state index in [0.717, 1.165) is 55.3 Å². The molecule has 2 heteroatoms. The van der Waals surface area contributed by atoms with Gasteiger partial charge in [0.2, 0.25) is 0 Å². The third-order valence-electron chi connectivity index (χ3n) is 7.29. The highest BCUT2D eigenvalue weighted by atomic mass is 15.0. The molecular formula is C23H40N2. The van der Waals surface area contributed by atoms with Gasteiger partial charge in [0.25, 0.3) is 0 Å². The van der Waals surface area contributed by atoms with E-state index in [1.165, 1.54) is 49.7 Å². The van der Waals surface area contributed by atoms with Crippen molar-refractivity contribution in [2.75, 3.05) is 19.6 Å². The Morgan fingerprint density at radius 2 is 1.52 bits per heavy atom. The number of hydrogen-bond acceptors (Lipinski definition) is 2. The molecular weight excluding hydrogens is 304 g/mol. The van der Waals surface area contributed by atoms with Crippen molar-refractivity contribution in [3.8, 4) is 0 Å². The van der Waals surface area contributed by atoms with Crippen LogP contribution in [-0.4, -0.2) is 25.7 Å². The first-order chi connectivity index (χ1) is 12.0. The Labute approximate surface area is 155 Å². The molecule has 0 spiro atoms. The van der Waals surface area contributed by atoms with E-state index in [2.05, 4.69) is 50.5 Å². The molecule has 0 unspecified atom stereocenters. The summed E-state index contributed by atoms with van der Waals surface area (Å²) in [4.78, 5) is 0. The minimum Gasteiger partial charge on any atom is -0.312 e. The molecule has 2 nitrogen and oxygen atoms in total. The van der Waals surface area contributed by atoms with E-state index >= 15 is 0 Å². The number of nitrogens with one attached hydrogen (secondary N) is 2. The zero-order valence-corrected chi connectivity index (χ0v) is 17.0. The molecule has 142 valence electrons. The van der Waals surface area contributed by atoms with Gasteiger partial charge in [0.15, 0.2) is 0 Å². The Kier molecular flexibility index (Phi) is 6.79. The lowest BCUT2D eigenvalue weighted by Gasteiger charge is -2.57.